The van der Waals surface area contributed by atoms with Gasteiger partial charge in [0.05, 0.1) is 12.5 Å². The van der Waals surface area contributed by atoms with Crippen molar-refractivity contribution in [2.45, 2.75) is 31.2 Å². The molecule has 0 saturated heterocycles. The van der Waals surface area contributed by atoms with Gasteiger partial charge in [0.1, 0.15) is 6.04 Å². The van der Waals surface area contributed by atoms with E-state index in [-0.39, 0.29) is 11.8 Å². The van der Waals surface area contributed by atoms with E-state index < -0.39 is 18.6 Å². The Labute approximate surface area is 111 Å². The van der Waals surface area contributed by atoms with Crippen LogP contribution in [0.15, 0.2) is 24.3 Å². The van der Waals surface area contributed by atoms with Crippen LogP contribution in [-0.4, -0.2) is 34.7 Å². The predicted molar refractivity (Wildman–Crippen MR) is 68.8 cm³/mol. The highest BCUT2D eigenvalue weighted by Gasteiger charge is 2.29. The van der Waals surface area contributed by atoms with Crippen molar-refractivity contribution in [3.63, 3.8) is 0 Å². The molecule has 2 rings (SSSR count). The first-order chi connectivity index (χ1) is 9.13. The van der Waals surface area contributed by atoms with Crippen molar-refractivity contribution >= 4 is 11.9 Å². The lowest BCUT2D eigenvalue weighted by Crippen LogP contribution is -2.45. The molecule has 3 N–H and O–H groups in total. The number of aryl methyl sites for hydroxylation is 1. The maximum Gasteiger partial charge on any atom is 0.328 e. The van der Waals surface area contributed by atoms with Crippen LogP contribution in [0.4, 0.5) is 0 Å². The number of aliphatic hydroxyl groups is 1. The van der Waals surface area contributed by atoms with E-state index in [0.29, 0.717) is 6.42 Å². The van der Waals surface area contributed by atoms with Crippen molar-refractivity contribution in [1.29, 1.82) is 0 Å². The average Bonchev–Trinajstić information content (AvgIpc) is 2.43. The summed E-state index contributed by atoms with van der Waals surface area (Å²) in [6.45, 7) is -0.602. The quantitative estimate of drug-likeness (QED) is 0.745. The number of aliphatic hydroxyl groups excluding tert-OH is 1. The Morgan fingerprint density at radius 2 is 2.11 bits per heavy atom. The number of benzene rings is 1. The standard InChI is InChI=1S/C14H17NO4/c16-8-12(14(18)19)15-13(17)11-7-3-5-9-4-1-2-6-10(9)11/h1-2,4,6,11-12,16H,3,5,7-8H2,(H,15,17)(H,18,19)/t11?,12-/m1/s1. The number of carboxylic acid groups (broad SMARTS) is 1. The Balaban J connectivity index is 2.15. The number of carbonyl (C=O) groups excluding carboxylic acids is 1. The normalized spacial score (nSPS) is 19.3. The van der Waals surface area contributed by atoms with Gasteiger partial charge in [0.2, 0.25) is 5.91 Å². The number of nitrogens with one attached hydrogen (secondary N) is 1. The van der Waals surface area contributed by atoms with Gasteiger partial charge in [0, 0.05) is 0 Å². The van der Waals surface area contributed by atoms with E-state index in [4.69, 9.17) is 10.2 Å². The molecule has 102 valence electrons. The maximum atomic E-state index is 12.1. The number of fused-ring (bicyclic) bond motifs is 1. The summed E-state index contributed by atoms with van der Waals surface area (Å²) in [5, 5.41) is 20.2. The van der Waals surface area contributed by atoms with Crippen molar-refractivity contribution < 1.29 is 19.8 Å². The number of carbonyl (C=O) groups is 2. The first-order valence-electron chi connectivity index (χ1n) is 6.35. The van der Waals surface area contributed by atoms with Gasteiger partial charge in [-0.1, -0.05) is 24.3 Å². The van der Waals surface area contributed by atoms with Crippen LogP contribution < -0.4 is 5.32 Å². The summed E-state index contributed by atoms with van der Waals surface area (Å²) < 4.78 is 0. The molecule has 0 aliphatic heterocycles. The third kappa shape index (κ3) is 2.93. The van der Waals surface area contributed by atoms with Crippen LogP contribution in [0, 0.1) is 0 Å². The average molecular weight is 263 g/mol. The zero-order chi connectivity index (χ0) is 13.8. The first-order valence-corrected chi connectivity index (χ1v) is 6.35. The van der Waals surface area contributed by atoms with E-state index in [2.05, 4.69) is 5.32 Å². The minimum absolute atomic E-state index is 0.321. The second kappa shape index (κ2) is 5.84. The van der Waals surface area contributed by atoms with E-state index in [0.717, 1.165) is 24.0 Å². The molecule has 1 aromatic rings. The zero-order valence-electron chi connectivity index (χ0n) is 10.5. The molecule has 1 aliphatic rings. The SMILES string of the molecule is O=C(N[C@H](CO)C(=O)O)C1CCCc2ccccc21. The number of amides is 1. The van der Waals surface area contributed by atoms with Crippen molar-refractivity contribution in [2.24, 2.45) is 0 Å². The molecule has 0 heterocycles. The van der Waals surface area contributed by atoms with E-state index in [1.165, 1.54) is 0 Å². The first kappa shape index (κ1) is 13.5. The molecule has 0 saturated carbocycles. The van der Waals surface area contributed by atoms with Crippen molar-refractivity contribution in [3.8, 4) is 0 Å². The van der Waals surface area contributed by atoms with E-state index in [1.54, 1.807) is 0 Å². The lowest BCUT2D eigenvalue weighted by atomic mass is 9.82. The summed E-state index contributed by atoms with van der Waals surface area (Å²) in [6.07, 6.45) is 2.56. The molecule has 0 fully saturated rings. The second-order valence-corrected chi connectivity index (χ2v) is 4.73. The van der Waals surface area contributed by atoms with E-state index in [1.807, 2.05) is 24.3 Å². The summed E-state index contributed by atoms with van der Waals surface area (Å²) in [4.78, 5) is 23.0. The predicted octanol–water partition coefficient (Wildman–Crippen LogP) is 0.668. The number of carboxylic acids is 1. The lowest BCUT2D eigenvalue weighted by molar-refractivity contribution is -0.143. The largest absolute Gasteiger partial charge is 0.480 e. The number of hydrogen-bond donors (Lipinski definition) is 3. The fraction of sp³-hybridized carbons (Fsp3) is 0.429. The van der Waals surface area contributed by atoms with Crippen LogP contribution in [0.3, 0.4) is 0 Å². The van der Waals surface area contributed by atoms with E-state index in [9.17, 15) is 9.59 Å². The summed E-state index contributed by atoms with van der Waals surface area (Å²) in [6, 6.07) is 6.49. The fourth-order valence-corrected chi connectivity index (χ4v) is 2.48. The van der Waals surface area contributed by atoms with Gasteiger partial charge in [-0.3, -0.25) is 4.79 Å². The monoisotopic (exact) mass is 263 g/mol. The maximum absolute atomic E-state index is 12.1. The Morgan fingerprint density at radius 3 is 2.79 bits per heavy atom. The molecular weight excluding hydrogens is 246 g/mol. The molecule has 0 aromatic heterocycles. The highest BCUT2D eigenvalue weighted by Crippen LogP contribution is 2.31. The molecule has 5 heteroatoms. The lowest BCUT2D eigenvalue weighted by Gasteiger charge is -2.25. The molecule has 19 heavy (non-hydrogen) atoms. The van der Waals surface area contributed by atoms with Gasteiger partial charge in [-0.15, -0.1) is 0 Å². The zero-order valence-corrected chi connectivity index (χ0v) is 10.5. The summed E-state index contributed by atoms with van der Waals surface area (Å²) in [5.74, 6) is -1.87. The number of rotatable bonds is 4. The Hall–Kier alpha value is -1.88. The number of aliphatic carboxylic acids is 1. The molecule has 2 atom stereocenters. The fourth-order valence-electron chi connectivity index (χ4n) is 2.48. The molecule has 1 aromatic carbocycles. The van der Waals surface area contributed by atoms with Crippen LogP contribution in [-0.2, 0) is 16.0 Å². The van der Waals surface area contributed by atoms with Crippen LogP contribution in [0.2, 0.25) is 0 Å². The van der Waals surface area contributed by atoms with Gasteiger partial charge in [0.25, 0.3) is 0 Å². The minimum atomic E-state index is -1.23. The molecule has 1 unspecified atom stereocenters. The minimum Gasteiger partial charge on any atom is -0.480 e. The smallest absolute Gasteiger partial charge is 0.328 e. The Kier molecular flexibility index (Phi) is 4.16. The summed E-state index contributed by atoms with van der Waals surface area (Å²) in [7, 11) is 0. The van der Waals surface area contributed by atoms with Crippen LogP contribution in [0.1, 0.15) is 29.9 Å². The van der Waals surface area contributed by atoms with Gasteiger partial charge in [-0.05, 0) is 30.4 Å². The molecule has 0 radical (unpaired) electrons. The van der Waals surface area contributed by atoms with Crippen molar-refractivity contribution in [3.05, 3.63) is 35.4 Å². The molecule has 1 aliphatic carbocycles. The molecule has 0 bridgehead atoms. The molecule has 1 amide bonds. The van der Waals surface area contributed by atoms with Gasteiger partial charge in [-0.25, -0.2) is 4.79 Å². The molecule has 5 nitrogen and oxygen atoms in total. The third-order valence-electron chi connectivity index (χ3n) is 3.48. The summed E-state index contributed by atoms with van der Waals surface area (Å²) >= 11 is 0. The third-order valence-corrected chi connectivity index (χ3v) is 3.48. The number of hydrogen-bond acceptors (Lipinski definition) is 3. The Bertz CT molecular complexity index is 486. The van der Waals surface area contributed by atoms with Gasteiger partial charge in [0.15, 0.2) is 0 Å². The summed E-state index contributed by atoms with van der Waals surface area (Å²) in [5.41, 5.74) is 2.11. The highest BCUT2D eigenvalue weighted by molar-refractivity contribution is 5.88. The van der Waals surface area contributed by atoms with Crippen molar-refractivity contribution in [1.82, 2.24) is 5.32 Å². The van der Waals surface area contributed by atoms with E-state index >= 15 is 0 Å². The highest BCUT2D eigenvalue weighted by atomic mass is 16.4. The van der Waals surface area contributed by atoms with Crippen LogP contribution in [0.25, 0.3) is 0 Å². The van der Waals surface area contributed by atoms with Gasteiger partial charge >= 0.3 is 5.97 Å². The second-order valence-electron chi connectivity index (χ2n) is 4.73. The van der Waals surface area contributed by atoms with Crippen LogP contribution >= 0.6 is 0 Å². The van der Waals surface area contributed by atoms with Gasteiger partial charge in [-0.2, -0.15) is 0 Å². The van der Waals surface area contributed by atoms with Crippen LogP contribution in [0.5, 0.6) is 0 Å². The Morgan fingerprint density at radius 1 is 1.37 bits per heavy atom. The molecule has 0 spiro atoms. The van der Waals surface area contributed by atoms with Gasteiger partial charge < -0.3 is 15.5 Å². The van der Waals surface area contributed by atoms with Crippen molar-refractivity contribution in [2.75, 3.05) is 6.61 Å². The molecular formula is C14H17NO4. The topological polar surface area (TPSA) is 86.6 Å².